The molecule has 1 aromatic heterocycles. The molecule has 0 N–H and O–H groups in total. The van der Waals surface area contributed by atoms with Crippen LogP contribution in [0, 0.1) is 0 Å². The largest absolute Gasteiger partial charge is 0.497 e. The fourth-order valence-electron chi connectivity index (χ4n) is 3.25. The van der Waals surface area contributed by atoms with Crippen LogP contribution in [0.5, 0.6) is 5.75 Å². The minimum absolute atomic E-state index is 0.386. The SMILES string of the molecule is COc1ccc(C2=NN(C(=O)COC(=O)c3ccccc3)[C@@H](c3ccco3)C2)cc1. The number of nitrogens with zero attached hydrogens (tertiary/aromatic N) is 2. The Hall–Kier alpha value is -3.87. The van der Waals surface area contributed by atoms with Gasteiger partial charge in [0.25, 0.3) is 5.91 Å². The van der Waals surface area contributed by atoms with Gasteiger partial charge in [-0.15, -0.1) is 0 Å². The first kappa shape index (κ1) is 19.4. The van der Waals surface area contributed by atoms with Crippen molar-refractivity contribution in [1.82, 2.24) is 5.01 Å². The van der Waals surface area contributed by atoms with E-state index in [1.54, 1.807) is 55.8 Å². The topological polar surface area (TPSA) is 81.3 Å². The summed E-state index contributed by atoms with van der Waals surface area (Å²) in [4.78, 5) is 25.0. The second-order valence-electron chi connectivity index (χ2n) is 6.69. The molecular formula is C23H20N2O5. The van der Waals surface area contributed by atoms with Crippen molar-refractivity contribution in [2.45, 2.75) is 12.5 Å². The first-order valence-corrected chi connectivity index (χ1v) is 9.45. The Morgan fingerprint density at radius 1 is 1.07 bits per heavy atom. The molecule has 2 aromatic carbocycles. The van der Waals surface area contributed by atoms with Gasteiger partial charge in [0, 0.05) is 6.42 Å². The third-order valence-corrected chi connectivity index (χ3v) is 4.80. The molecule has 0 bridgehead atoms. The molecule has 1 amide bonds. The van der Waals surface area contributed by atoms with Crippen LogP contribution in [0.15, 0.2) is 82.5 Å². The standard InChI is InChI=1S/C23H20N2O5/c1-28-18-11-9-16(10-12-18)19-14-20(21-8-5-13-29-21)25(24-19)22(26)15-30-23(27)17-6-3-2-4-7-17/h2-13,20H,14-15H2,1H3/t20-/m1/s1. The summed E-state index contributed by atoms with van der Waals surface area (Å²) < 4.78 is 15.9. The lowest BCUT2D eigenvalue weighted by molar-refractivity contribution is -0.136. The van der Waals surface area contributed by atoms with Gasteiger partial charge in [-0.1, -0.05) is 18.2 Å². The van der Waals surface area contributed by atoms with Gasteiger partial charge in [0.1, 0.15) is 17.6 Å². The number of carbonyl (C=O) groups is 2. The van der Waals surface area contributed by atoms with Crippen LogP contribution < -0.4 is 4.74 Å². The highest BCUT2D eigenvalue weighted by atomic mass is 16.5. The zero-order valence-corrected chi connectivity index (χ0v) is 16.4. The normalized spacial score (nSPS) is 15.6. The van der Waals surface area contributed by atoms with Crippen LogP contribution in [-0.2, 0) is 9.53 Å². The van der Waals surface area contributed by atoms with Gasteiger partial charge in [0.2, 0.25) is 0 Å². The quantitative estimate of drug-likeness (QED) is 0.584. The number of ether oxygens (including phenoxy) is 2. The average molecular weight is 404 g/mol. The molecule has 0 radical (unpaired) electrons. The number of methoxy groups -OCH3 is 1. The molecule has 0 saturated heterocycles. The van der Waals surface area contributed by atoms with Crippen LogP contribution in [0.25, 0.3) is 0 Å². The van der Waals surface area contributed by atoms with Crippen molar-refractivity contribution in [3.63, 3.8) is 0 Å². The number of hydrogen-bond donors (Lipinski definition) is 0. The first-order chi connectivity index (χ1) is 14.7. The second kappa shape index (κ2) is 8.65. The molecule has 30 heavy (non-hydrogen) atoms. The van der Waals surface area contributed by atoms with Crippen molar-refractivity contribution in [1.29, 1.82) is 0 Å². The van der Waals surface area contributed by atoms with Crippen molar-refractivity contribution in [2.75, 3.05) is 13.7 Å². The minimum atomic E-state index is -0.558. The maximum atomic E-state index is 12.8. The Balaban J connectivity index is 1.51. The molecule has 3 aromatic rings. The highest BCUT2D eigenvalue weighted by Gasteiger charge is 2.35. The number of esters is 1. The van der Waals surface area contributed by atoms with E-state index in [1.165, 1.54) is 5.01 Å². The van der Waals surface area contributed by atoms with E-state index in [0.717, 1.165) is 17.0 Å². The van der Waals surface area contributed by atoms with Gasteiger partial charge in [-0.25, -0.2) is 9.80 Å². The maximum absolute atomic E-state index is 12.8. The monoisotopic (exact) mass is 404 g/mol. The summed E-state index contributed by atoms with van der Waals surface area (Å²) in [6.45, 7) is -0.412. The van der Waals surface area contributed by atoms with Crippen LogP contribution in [0.1, 0.15) is 34.1 Å². The van der Waals surface area contributed by atoms with Gasteiger partial charge in [0.05, 0.1) is 24.6 Å². The fourth-order valence-corrected chi connectivity index (χ4v) is 3.25. The maximum Gasteiger partial charge on any atom is 0.338 e. The summed E-state index contributed by atoms with van der Waals surface area (Å²) in [6.07, 6.45) is 2.04. The van der Waals surface area contributed by atoms with E-state index < -0.39 is 24.5 Å². The van der Waals surface area contributed by atoms with E-state index in [1.807, 2.05) is 24.3 Å². The predicted molar refractivity (Wildman–Crippen MR) is 109 cm³/mol. The molecule has 7 heteroatoms. The lowest BCUT2D eigenvalue weighted by Gasteiger charge is -2.19. The Morgan fingerprint density at radius 3 is 2.50 bits per heavy atom. The summed E-state index contributed by atoms with van der Waals surface area (Å²) in [6, 6.07) is 19.1. The number of amides is 1. The highest BCUT2D eigenvalue weighted by Crippen LogP contribution is 2.33. The Bertz CT molecular complexity index is 1040. The van der Waals surface area contributed by atoms with Gasteiger partial charge in [-0.3, -0.25) is 4.79 Å². The zero-order chi connectivity index (χ0) is 20.9. The molecule has 0 spiro atoms. The molecule has 2 heterocycles. The fraction of sp³-hybridized carbons (Fsp3) is 0.174. The Morgan fingerprint density at radius 2 is 1.83 bits per heavy atom. The third-order valence-electron chi connectivity index (χ3n) is 4.80. The number of rotatable bonds is 6. The molecule has 0 fully saturated rings. The number of carbonyl (C=O) groups excluding carboxylic acids is 2. The van der Waals surface area contributed by atoms with Gasteiger partial charge in [-0.2, -0.15) is 5.10 Å². The number of furan rings is 1. The molecular weight excluding hydrogens is 384 g/mol. The van der Waals surface area contributed by atoms with Crippen molar-refractivity contribution in [3.05, 3.63) is 89.9 Å². The predicted octanol–water partition coefficient (Wildman–Crippen LogP) is 3.82. The van der Waals surface area contributed by atoms with Crippen LogP contribution in [0.4, 0.5) is 0 Å². The zero-order valence-electron chi connectivity index (χ0n) is 16.4. The van der Waals surface area contributed by atoms with E-state index >= 15 is 0 Å². The van der Waals surface area contributed by atoms with Crippen LogP contribution in [0.2, 0.25) is 0 Å². The molecule has 1 aliphatic heterocycles. The van der Waals surface area contributed by atoms with E-state index in [-0.39, 0.29) is 0 Å². The summed E-state index contributed by atoms with van der Waals surface area (Å²) in [5.41, 5.74) is 2.00. The summed E-state index contributed by atoms with van der Waals surface area (Å²) >= 11 is 0. The van der Waals surface area contributed by atoms with Crippen molar-refractivity contribution < 1.29 is 23.5 Å². The van der Waals surface area contributed by atoms with Gasteiger partial charge in [0.15, 0.2) is 6.61 Å². The lowest BCUT2D eigenvalue weighted by atomic mass is 10.0. The van der Waals surface area contributed by atoms with E-state index in [2.05, 4.69) is 5.10 Å². The molecule has 7 nitrogen and oxygen atoms in total. The lowest BCUT2D eigenvalue weighted by Crippen LogP contribution is -2.31. The molecule has 4 rings (SSSR count). The number of benzene rings is 2. The molecule has 0 saturated carbocycles. The van der Waals surface area contributed by atoms with Gasteiger partial charge in [-0.05, 0) is 54.1 Å². The molecule has 1 atom stereocenters. The third kappa shape index (κ3) is 4.10. The summed E-state index contributed by atoms with van der Waals surface area (Å²) in [5, 5.41) is 5.84. The van der Waals surface area contributed by atoms with Gasteiger partial charge < -0.3 is 13.9 Å². The van der Waals surface area contributed by atoms with Crippen molar-refractivity contribution in [2.24, 2.45) is 5.10 Å². The molecule has 1 aliphatic rings. The van der Waals surface area contributed by atoms with E-state index in [4.69, 9.17) is 13.9 Å². The van der Waals surface area contributed by atoms with Crippen LogP contribution in [0.3, 0.4) is 0 Å². The summed E-state index contributed by atoms with van der Waals surface area (Å²) in [7, 11) is 1.60. The molecule has 152 valence electrons. The van der Waals surface area contributed by atoms with E-state index in [0.29, 0.717) is 17.7 Å². The Kier molecular flexibility index (Phi) is 5.61. The molecule has 0 aliphatic carbocycles. The second-order valence-corrected chi connectivity index (χ2v) is 6.69. The number of hydrazone groups is 1. The van der Waals surface area contributed by atoms with Crippen LogP contribution >= 0.6 is 0 Å². The van der Waals surface area contributed by atoms with Crippen molar-refractivity contribution >= 4 is 17.6 Å². The van der Waals surface area contributed by atoms with Crippen molar-refractivity contribution in [3.8, 4) is 5.75 Å². The number of hydrogen-bond acceptors (Lipinski definition) is 6. The molecule has 0 unspecified atom stereocenters. The van der Waals surface area contributed by atoms with Gasteiger partial charge >= 0.3 is 5.97 Å². The first-order valence-electron chi connectivity index (χ1n) is 9.45. The highest BCUT2D eigenvalue weighted by molar-refractivity contribution is 6.03. The smallest absolute Gasteiger partial charge is 0.338 e. The Labute approximate surface area is 173 Å². The van der Waals surface area contributed by atoms with E-state index in [9.17, 15) is 9.59 Å². The summed E-state index contributed by atoms with van der Waals surface area (Å²) in [5.74, 6) is 0.368. The minimum Gasteiger partial charge on any atom is -0.497 e. The average Bonchev–Trinajstić information content (AvgIpc) is 3.48. The van der Waals surface area contributed by atoms with Crippen LogP contribution in [-0.4, -0.2) is 36.3 Å².